The van der Waals surface area contributed by atoms with Gasteiger partial charge >= 0.3 is 0 Å². The van der Waals surface area contributed by atoms with Crippen LogP contribution in [0.1, 0.15) is 35.1 Å². The molecule has 9 heteroatoms. The summed E-state index contributed by atoms with van der Waals surface area (Å²) in [4.78, 5) is 13.0. The van der Waals surface area contributed by atoms with E-state index in [9.17, 15) is 13.2 Å². The number of anilines is 2. The molecule has 0 atom stereocenters. The van der Waals surface area contributed by atoms with Gasteiger partial charge in [-0.15, -0.1) is 0 Å². The van der Waals surface area contributed by atoms with Crippen LogP contribution in [-0.2, 0) is 22.9 Å². The standard InChI is InChI=1S/C22H24N4O4S/c1-3-31(28,29)25-18-13-12-15(14-20(18)30-2)23-22(27)21-17-10-7-11-19(17)26(24-21)16-8-5-4-6-9-16/h4-6,8-9,12-14,25H,3,7,10-11H2,1-2H3,(H,23,27). The SMILES string of the molecule is CCS(=O)(=O)Nc1ccc(NC(=O)c2nn(-c3ccccc3)c3c2CCC3)cc1OC. The number of hydrogen-bond acceptors (Lipinski definition) is 5. The number of sulfonamides is 1. The first-order valence-corrected chi connectivity index (χ1v) is 11.7. The molecule has 1 aliphatic rings. The van der Waals surface area contributed by atoms with Crippen molar-refractivity contribution >= 4 is 27.3 Å². The highest BCUT2D eigenvalue weighted by Gasteiger charge is 2.27. The van der Waals surface area contributed by atoms with Crippen LogP contribution in [0.15, 0.2) is 48.5 Å². The summed E-state index contributed by atoms with van der Waals surface area (Å²) >= 11 is 0. The van der Waals surface area contributed by atoms with Crippen LogP contribution >= 0.6 is 0 Å². The first-order chi connectivity index (χ1) is 14.9. The Kier molecular flexibility index (Phi) is 5.69. The number of methoxy groups -OCH3 is 1. The zero-order chi connectivity index (χ0) is 22.0. The number of amides is 1. The average Bonchev–Trinajstić information content (AvgIpc) is 3.38. The third-order valence-electron chi connectivity index (χ3n) is 5.25. The third kappa shape index (κ3) is 4.27. The van der Waals surface area contributed by atoms with Crippen LogP contribution in [0.5, 0.6) is 5.75 Å². The van der Waals surface area contributed by atoms with Crippen LogP contribution in [0.2, 0.25) is 0 Å². The van der Waals surface area contributed by atoms with E-state index in [0.717, 1.165) is 36.2 Å². The second-order valence-electron chi connectivity index (χ2n) is 7.25. The average molecular weight is 441 g/mol. The Morgan fingerprint density at radius 2 is 1.94 bits per heavy atom. The number of benzene rings is 2. The quantitative estimate of drug-likeness (QED) is 0.586. The Labute approximate surface area is 181 Å². The number of hydrogen-bond donors (Lipinski definition) is 2. The van der Waals surface area contributed by atoms with Gasteiger partial charge in [-0.25, -0.2) is 13.1 Å². The van der Waals surface area contributed by atoms with Gasteiger partial charge in [-0.3, -0.25) is 9.52 Å². The molecule has 1 aromatic heterocycles. The van der Waals surface area contributed by atoms with E-state index in [4.69, 9.17) is 4.74 Å². The molecule has 4 rings (SSSR count). The molecule has 31 heavy (non-hydrogen) atoms. The van der Waals surface area contributed by atoms with E-state index in [-0.39, 0.29) is 11.7 Å². The monoisotopic (exact) mass is 440 g/mol. The van der Waals surface area contributed by atoms with Crippen molar-refractivity contribution in [3.63, 3.8) is 0 Å². The van der Waals surface area contributed by atoms with Gasteiger partial charge in [0.1, 0.15) is 5.75 Å². The Morgan fingerprint density at radius 3 is 2.65 bits per heavy atom. The number of nitrogens with zero attached hydrogens (tertiary/aromatic N) is 2. The van der Waals surface area contributed by atoms with Gasteiger partial charge in [0.15, 0.2) is 5.69 Å². The molecule has 0 aliphatic heterocycles. The molecule has 1 heterocycles. The molecule has 0 saturated heterocycles. The molecule has 1 aliphatic carbocycles. The summed E-state index contributed by atoms with van der Waals surface area (Å²) in [6, 6.07) is 14.5. The highest BCUT2D eigenvalue weighted by atomic mass is 32.2. The molecular formula is C22H24N4O4S. The van der Waals surface area contributed by atoms with Crippen molar-refractivity contribution in [1.29, 1.82) is 0 Å². The largest absolute Gasteiger partial charge is 0.494 e. The normalized spacial score (nSPS) is 13.0. The predicted octanol–water partition coefficient (Wildman–Crippen LogP) is 3.38. The van der Waals surface area contributed by atoms with E-state index in [1.54, 1.807) is 25.1 Å². The predicted molar refractivity (Wildman–Crippen MR) is 120 cm³/mol. The minimum atomic E-state index is -3.44. The van der Waals surface area contributed by atoms with Crippen molar-refractivity contribution in [1.82, 2.24) is 9.78 Å². The molecule has 2 N–H and O–H groups in total. The molecule has 2 aromatic carbocycles. The Balaban J connectivity index is 1.61. The second-order valence-corrected chi connectivity index (χ2v) is 9.26. The van der Waals surface area contributed by atoms with Crippen molar-refractivity contribution in [2.45, 2.75) is 26.2 Å². The van der Waals surface area contributed by atoms with Gasteiger partial charge < -0.3 is 10.1 Å². The van der Waals surface area contributed by atoms with E-state index in [1.165, 1.54) is 7.11 Å². The summed E-state index contributed by atoms with van der Waals surface area (Å²) in [7, 11) is -2.00. The van der Waals surface area contributed by atoms with Gasteiger partial charge in [0, 0.05) is 23.0 Å². The third-order valence-corrected chi connectivity index (χ3v) is 6.54. The number of carbonyl (C=O) groups excluding carboxylic acids is 1. The Bertz CT molecular complexity index is 1220. The van der Waals surface area contributed by atoms with Crippen LogP contribution < -0.4 is 14.8 Å². The Hall–Kier alpha value is -3.33. The maximum absolute atomic E-state index is 13.0. The topological polar surface area (TPSA) is 102 Å². The molecule has 8 nitrogen and oxygen atoms in total. The maximum atomic E-state index is 13.0. The minimum absolute atomic E-state index is 0.0518. The van der Waals surface area contributed by atoms with Crippen LogP contribution in [0.25, 0.3) is 5.69 Å². The highest BCUT2D eigenvalue weighted by Crippen LogP contribution is 2.31. The lowest BCUT2D eigenvalue weighted by atomic mass is 10.2. The van der Waals surface area contributed by atoms with Crippen molar-refractivity contribution in [3.05, 3.63) is 65.5 Å². The first kappa shape index (κ1) is 20.9. The van der Waals surface area contributed by atoms with Gasteiger partial charge in [-0.2, -0.15) is 5.10 Å². The van der Waals surface area contributed by atoms with Crippen molar-refractivity contribution in [2.24, 2.45) is 0 Å². The van der Waals surface area contributed by atoms with Crippen molar-refractivity contribution in [3.8, 4) is 11.4 Å². The van der Waals surface area contributed by atoms with Crippen LogP contribution in [0, 0.1) is 0 Å². The fourth-order valence-corrected chi connectivity index (χ4v) is 4.33. The molecule has 0 unspecified atom stereocenters. The lowest BCUT2D eigenvalue weighted by Gasteiger charge is -2.13. The molecule has 1 amide bonds. The van der Waals surface area contributed by atoms with Crippen LogP contribution in [0.3, 0.4) is 0 Å². The molecular weight excluding hydrogens is 416 g/mol. The smallest absolute Gasteiger partial charge is 0.276 e. The fraction of sp³-hybridized carbons (Fsp3) is 0.273. The molecule has 0 fully saturated rings. The van der Waals surface area contributed by atoms with Crippen LogP contribution in [-0.4, -0.2) is 37.0 Å². The molecule has 0 radical (unpaired) electrons. The second kappa shape index (κ2) is 8.43. The van der Waals surface area contributed by atoms with Gasteiger partial charge in [0.25, 0.3) is 5.91 Å². The number of carbonyl (C=O) groups is 1. The zero-order valence-electron chi connectivity index (χ0n) is 17.4. The fourth-order valence-electron chi connectivity index (χ4n) is 3.69. The summed E-state index contributed by atoms with van der Waals surface area (Å²) in [6.07, 6.45) is 2.68. The molecule has 3 aromatic rings. The number of para-hydroxylation sites is 1. The highest BCUT2D eigenvalue weighted by molar-refractivity contribution is 7.92. The molecule has 0 bridgehead atoms. The lowest BCUT2D eigenvalue weighted by Crippen LogP contribution is -2.16. The Morgan fingerprint density at radius 1 is 1.16 bits per heavy atom. The van der Waals surface area contributed by atoms with E-state index in [1.807, 2.05) is 35.0 Å². The number of ether oxygens (including phenoxy) is 1. The minimum Gasteiger partial charge on any atom is -0.494 e. The molecule has 162 valence electrons. The molecule has 0 spiro atoms. The number of fused-ring (bicyclic) bond motifs is 1. The van der Waals surface area contributed by atoms with E-state index in [0.29, 0.717) is 22.8 Å². The summed E-state index contributed by atoms with van der Waals surface area (Å²) in [5.74, 6) is -0.0456. The van der Waals surface area contributed by atoms with E-state index < -0.39 is 10.0 Å². The summed E-state index contributed by atoms with van der Waals surface area (Å²) in [5, 5.41) is 7.46. The van der Waals surface area contributed by atoms with Gasteiger partial charge in [0.05, 0.1) is 24.2 Å². The van der Waals surface area contributed by atoms with E-state index in [2.05, 4.69) is 15.1 Å². The summed E-state index contributed by atoms with van der Waals surface area (Å²) in [6.45, 7) is 1.55. The number of rotatable bonds is 7. The van der Waals surface area contributed by atoms with Crippen molar-refractivity contribution < 1.29 is 17.9 Å². The van der Waals surface area contributed by atoms with E-state index >= 15 is 0 Å². The van der Waals surface area contributed by atoms with Gasteiger partial charge in [-0.1, -0.05) is 18.2 Å². The number of aromatic nitrogens is 2. The van der Waals surface area contributed by atoms with Gasteiger partial charge in [0.2, 0.25) is 10.0 Å². The summed E-state index contributed by atoms with van der Waals surface area (Å²) < 4.78 is 33.4. The maximum Gasteiger partial charge on any atom is 0.276 e. The summed E-state index contributed by atoms with van der Waals surface area (Å²) in [5.41, 5.74) is 4.18. The lowest BCUT2D eigenvalue weighted by molar-refractivity contribution is 0.102. The first-order valence-electron chi connectivity index (χ1n) is 10.1. The van der Waals surface area contributed by atoms with Gasteiger partial charge in [-0.05, 0) is 50.5 Å². The van der Waals surface area contributed by atoms with Crippen LogP contribution in [0.4, 0.5) is 11.4 Å². The number of nitrogens with one attached hydrogen (secondary N) is 2. The van der Waals surface area contributed by atoms with Crippen molar-refractivity contribution in [2.75, 3.05) is 22.9 Å². The zero-order valence-corrected chi connectivity index (χ0v) is 18.2. The molecule has 0 saturated carbocycles.